The minimum atomic E-state index is -1.19. The van der Waals surface area contributed by atoms with Gasteiger partial charge in [-0.1, -0.05) is 60.7 Å². The zero-order valence-corrected chi connectivity index (χ0v) is 11.8. The van der Waals surface area contributed by atoms with Crippen LogP contribution < -0.4 is 5.32 Å². The van der Waals surface area contributed by atoms with Crippen molar-refractivity contribution in [2.75, 3.05) is 0 Å². The zero-order chi connectivity index (χ0) is 15.8. The summed E-state index contributed by atoms with van der Waals surface area (Å²) in [6.07, 6.45) is 4.71. The van der Waals surface area contributed by atoms with E-state index in [1.165, 1.54) is 6.08 Å². The van der Waals surface area contributed by atoms with E-state index in [4.69, 9.17) is 5.11 Å². The highest BCUT2D eigenvalue weighted by Gasteiger charge is 2.11. The molecule has 2 N–H and O–H groups in total. The summed E-state index contributed by atoms with van der Waals surface area (Å²) in [6, 6.07) is 17.9. The summed E-state index contributed by atoms with van der Waals surface area (Å²) in [5.74, 6) is -1.65. The number of rotatable bonds is 5. The van der Waals surface area contributed by atoms with E-state index in [-0.39, 0.29) is 5.70 Å². The zero-order valence-electron chi connectivity index (χ0n) is 11.8. The van der Waals surface area contributed by atoms with Crippen LogP contribution in [0.1, 0.15) is 15.9 Å². The van der Waals surface area contributed by atoms with Crippen molar-refractivity contribution < 1.29 is 14.7 Å². The minimum absolute atomic E-state index is 0.180. The highest BCUT2D eigenvalue weighted by molar-refractivity contribution is 6.00. The van der Waals surface area contributed by atoms with Gasteiger partial charge in [0, 0.05) is 5.56 Å². The van der Waals surface area contributed by atoms with Crippen LogP contribution in [0.15, 0.2) is 78.5 Å². The third kappa shape index (κ3) is 4.45. The Bertz CT molecular complexity index is 704. The van der Waals surface area contributed by atoms with Crippen molar-refractivity contribution in [3.63, 3.8) is 0 Å². The van der Waals surface area contributed by atoms with Gasteiger partial charge >= 0.3 is 5.97 Å². The van der Waals surface area contributed by atoms with E-state index in [0.717, 1.165) is 5.56 Å². The molecule has 110 valence electrons. The molecule has 2 aromatic rings. The number of allylic oxidation sites excluding steroid dienone is 2. The topological polar surface area (TPSA) is 66.4 Å². The lowest BCUT2D eigenvalue weighted by Crippen LogP contribution is -2.27. The number of hydrogen-bond donors (Lipinski definition) is 2. The highest BCUT2D eigenvalue weighted by Crippen LogP contribution is 2.03. The van der Waals surface area contributed by atoms with Crippen LogP contribution in [0.5, 0.6) is 0 Å². The molecular weight excluding hydrogens is 278 g/mol. The normalized spacial score (nSPS) is 11.4. The quantitative estimate of drug-likeness (QED) is 0.657. The average Bonchev–Trinajstić information content (AvgIpc) is 2.55. The van der Waals surface area contributed by atoms with Crippen molar-refractivity contribution >= 4 is 18.0 Å². The third-order valence-corrected chi connectivity index (χ3v) is 2.87. The molecule has 0 aliphatic rings. The fourth-order valence-electron chi connectivity index (χ4n) is 1.77. The van der Waals surface area contributed by atoms with Crippen LogP contribution in [0, 0.1) is 0 Å². The summed E-state index contributed by atoms with van der Waals surface area (Å²) in [5, 5.41) is 11.5. The second-order valence-electron chi connectivity index (χ2n) is 4.48. The lowest BCUT2D eigenvalue weighted by Gasteiger charge is -2.05. The minimum Gasteiger partial charge on any atom is -0.477 e. The summed E-state index contributed by atoms with van der Waals surface area (Å²) >= 11 is 0. The second-order valence-corrected chi connectivity index (χ2v) is 4.48. The van der Waals surface area contributed by atoms with E-state index < -0.39 is 11.9 Å². The van der Waals surface area contributed by atoms with Gasteiger partial charge in [-0.3, -0.25) is 4.79 Å². The van der Waals surface area contributed by atoms with Crippen molar-refractivity contribution in [3.8, 4) is 0 Å². The molecule has 0 atom stereocenters. The van der Waals surface area contributed by atoms with E-state index in [1.54, 1.807) is 42.5 Å². The number of aliphatic carboxylic acids is 1. The van der Waals surface area contributed by atoms with Crippen molar-refractivity contribution in [2.24, 2.45) is 0 Å². The molecule has 4 heteroatoms. The molecule has 0 aliphatic heterocycles. The Morgan fingerprint density at radius 2 is 1.50 bits per heavy atom. The molecule has 0 heterocycles. The Morgan fingerprint density at radius 3 is 2.09 bits per heavy atom. The van der Waals surface area contributed by atoms with Crippen LogP contribution in [-0.4, -0.2) is 17.0 Å². The van der Waals surface area contributed by atoms with Gasteiger partial charge in [0.15, 0.2) is 0 Å². The molecular formula is C18H15NO3. The number of carbonyl (C=O) groups is 2. The highest BCUT2D eigenvalue weighted by atomic mass is 16.4. The first-order chi connectivity index (χ1) is 10.7. The van der Waals surface area contributed by atoms with Crippen molar-refractivity contribution in [3.05, 3.63) is 89.6 Å². The van der Waals surface area contributed by atoms with Gasteiger partial charge in [-0.2, -0.15) is 0 Å². The van der Waals surface area contributed by atoms with Crippen LogP contribution in [0.25, 0.3) is 6.08 Å². The number of carboxylic acids is 1. The molecule has 0 saturated carbocycles. The molecule has 0 saturated heterocycles. The lowest BCUT2D eigenvalue weighted by molar-refractivity contribution is -0.133. The van der Waals surface area contributed by atoms with Gasteiger partial charge in [0.2, 0.25) is 0 Å². The molecule has 4 nitrogen and oxygen atoms in total. The van der Waals surface area contributed by atoms with Gasteiger partial charge in [-0.15, -0.1) is 0 Å². The molecule has 0 unspecified atom stereocenters. The maximum Gasteiger partial charge on any atom is 0.352 e. The standard InChI is InChI=1S/C18H15NO3/c20-17(15-11-5-2-6-12-15)19-16(18(21)22)13-7-10-14-8-3-1-4-9-14/h1-13H,(H,19,20)(H,21,22). The molecule has 2 aromatic carbocycles. The first kappa shape index (κ1) is 15.3. The fraction of sp³-hybridized carbons (Fsp3) is 0. The lowest BCUT2D eigenvalue weighted by atomic mass is 10.2. The fourth-order valence-corrected chi connectivity index (χ4v) is 1.77. The number of carbonyl (C=O) groups excluding carboxylic acids is 1. The predicted octanol–water partition coefficient (Wildman–Crippen LogP) is 3.10. The smallest absolute Gasteiger partial charge is 0.352 e. The first-order valence-corrected chi connectivity index (χ1v) is 6.70. The van der Waals surface area contributed by atoms with Crippen LogP contribution in [-0.2, 0) is 4.79 Å². The Hall–Kier alpha value is -3.14. The van der Waals surface area contributed by atoms with Gasteiger partial charge in [-0.05, 0) is 23.8 Å². The molecule has 0 spiro atoms. The molecule has 1 amide bonds. The van der Waals surface area contributed by atoms with E-state index >= 15 is 0 Å². The van der Waals surface area contributed by atoms with E-state index in [9.17, 15) is 9.59 Å². The largest absolute Gasteiger partial charge is 0.477 e. The first-order valence-electron chi connectivity index (χ1n) is 6.70. The Morgan fingerprint density at radius 1 is 0.909 bits per heavy atom. The van der Waals surface area contributed by atoms with E-state index in [1.807, 2.05) is 30.3 Å². The summed E-state index contributed by atoms with van der Waals surface area (Å²) in [4.78, 5) is 23.1. The van der Waals surface area contributed by atoms with Gasteiger partial charge < -0.3 is 10.4 Å². The molecule has 0 aliphatic carbocycles. The molecule has 0 radical (unpaired) electrons. The molecule has 0 aromatic heterocycles. The summed E-state index contributed by atoms with van der Waals surface area (Å²) in [5.41, 5.74) is 1.17. The van der Waals surface area contributed by atoms with Gasteiger partial charge in [0.05, 0.1) is 0 Å². The van der Waals surface area contributed by atoms with Crippen LogP contribution >= 0.6 is 0 Å². The van der Waals surface area contributed by atoms with Crippen LogP contribution in [0.4, 0.5) is 0 Å². The number of benzene rings is 2. The SMILES string of the molecule is O=C(O)C(=CC=Cc1ccccc1)NC(=O)c1ccccc1. The number of amides is 1. The predicted molar refractivity (Wildman–Crippen MR) is 85.1 cm³/mol. The van der Waals surface area contributed by atoms with Gasteiger partial charge in [-0.25, -0.2) is 4.79 Å². The number of carboxylic acid groups (broad SMARTS) is 1. The van der Waals surface area contributed by atoms with Crippen LogP contribution in [0.2, 0.25) is 0 Å². The van der Waals surface area contributed by atoms with Gasteiger partial charge in [0.25, 0.3) is 5.91 Å². The monoisotopic (exact) mass is 293 g/mol. The third-order valence-electron chi connectivity index (χ3n) is 2.87. The maximum absolute atomic E-state index is 12.0. The number of nitrogens with one attached hydrogen (secondary N) is 1. The molecule has 0 bridgehead atoms. The Labute approximate surface area is 128 Å². The molecule has 2 rings (SSSR count). The van der Waals surface area contributed by atoms with Crippen molar-refractivity contribution in [2.45, 2.75) is 0 Å². The Balaban J connectivity index is 2.10. The van der Waals surface area contributed by atoms with E-state index in [0.29, 0.717) is 5.56 Å². The van der Waals surface area contributed by atoms with Crippen molar-refractivity contribution in [1.82, 2.24) is 5.32 Å². The van der Waals surface area contributed by atoms with E-state index in [2.05, 4.69) is 5.32 Å². The molecule has 0 fully saturated rings. The van der Waals surface area contributed by atoms with Gasteiger partial charge in [0.1, 0.15) is 5.70 Å². The molecule has 22 heavy (non-hydrogen) atoms. The van der Waals surface area contributed by atoms with Crippen LogP contribution in [0.3, 0.4) is 0 Å². The average molecular weight is 293 g/mol. The maximum atomic E-state index is 12.0. The summed E-state index contributed by atoms with van der Waals surface area (Å²) in [6.45, 7) is 0. The Kier molecular flexibility index (Phi) is 5.26. The summed E-state index contributed by atoms with van der Waals surface area (Å²) < 4.78 is 0. The van der Waals surface area contributed by atoms with Crippen molar-refractivity contribution in [1.29, 1.82) is 0 Å². The number of hydrogen-bond acceptors (Lipinski definition) is 2. The second kappa shape index (κ2) is 7.59. The summed E-state index contributed by atoms with van der Waals surface area (Å²) in [7, 11) is 0.